The molecule has 0 N–H and O–H groups in total. The predicted molar refractivity (Wildman–Crippen MR) is 122 cm³/mol. The fourth-order valence-corrected chi connectivity index (χ4v) is 4.52. The summed E-state index contributed by atoms with van der Waals surface area (Å²) in [6, 6.07) is 14.0. The fraction of sp³-hybridized carbons (Fsp3) is 0.320. The van der Waals surface area contributed by atoms with E-state index in [0.717, 1.165) is 31.5 Å². The number of halogens is 1. The molecule has 0 atom stereocenters. The molecule has 0 saturated carbocycles. The number of rotatable bonds is 4. The molecule has 164 valence electrons. The Kier molecular flexibility index (Phi) is 5.25. The maximum absolute atomic E-state index is 14.0. The zero-order valence-electron chi connectivity index (χ0n) is 18.0. The van der Waals surface area contributed by atoms with Gasteiger partial charge in [0, 0.05) is 18.5 Å². The van der Waals surface area contributed by atoms with Gasteiger partial charge in [0.25, 0.3) is 5.56 Å². The normalized spacial score (nSPS) is 15.0. The van der Waals surface area contributed by atoms with Crippen molar-refractivity contribution in [1.82, 2.24) is 19.0 Å². The highest BCUT2D eigenvalue weighted by Crippen LogP contribution is 2.27. The minimum absolute atomic E-state index is 0.0297. The third kappa shape index (κ3) is 3.68. The van der Waals surface area contributed by atoms with Gasteiger partial charge in [0.2, 0.25) is 5.91 Å². The molecule has 6 nitrogen and oxygen atoms in total. The van der Waals surface area contributed by atoms with Gasteiger partial charge in [-0.3, -0.25) is 14.2 Å². The van der Waals surface area contributed by atoms with Crippen LogP contribution in [0.2, 0.25) is 0 Å². The summed E-state index contributed by atoms with van der Waals surface area (Å²) in [5, 5.41) is 0.545. The Labute approximate surface area is 184 Å². The predicted octanol–water partition coefficient (Wildman–Crippen LogP) is 3.80. The van der Waals surface area contributed by atoms with E-state index in [1.807, 2.05) is 35.2 Å². The van der Waals surface area contributed by atoms with E-state index >= 15 is 0 Å². The van der Waals surface area contributed by atoms with Crippen LogP contribution in [0.5, 0.6) is 0 Å². The maximum atomic E-state index is 14.0. The molecule has 1 amide bonds. The SMILES string of the molecule is CC1CCN(C(=O)Cn2c3ccc(F)cc3c3ncn(Cc4ccccc4)c(=O)c32)CC1. The van der Waals surface area contributed by atoms with E-state index in [1.165, 1.54) is 23.0 Å². The summed E-state index contributed by atoms with van der Waals surface area (Å²) in [5.74, 6) is 0.186. The molecule has 0 spiro atoms. The van der Waals surface area contributed by atoms with Gasteiger partial charge >= 0.3 is 0 Å². The van der Waals surface area contributed by atoms with Gasteiger partial charge in [-0.15, -0.1) is 0 Å². The van der Waals surface area contributed by atoms with Gasteiger partial charge in [-0.25, -0.2) is 9.37 Å². The molecule has 0 unspecified atom stereocenters. The summed E-state index contributed by atoms with van der Waals surface area (Å²) < 4.78 is 17.3. The van der Waals surface area contributed by atoms with Crippen molar-refractivity contribution in [2.75, 3.05) is 13.1 Å². The number of amides is 1. The van der Waals surface area contributed by atoms with Gasteiger partial charge in [0.05, 0.1) is 18.4 Å². The molecule has 32 heavy (non-hydrogen) atoms. The minimum Gasteiger partial charge on any atom is -0.341 e. The van der Waals surface area contributed by atoms with Crippen LogP contribution in [0.4, 0.5) is 4.39 Å². The first kappa shape index (κ1) is 20.4. The van der Waals surface area contributed by atoms with Crippen molar-refractivity contribution in [2.24, 2.45) is 5.92 Å². The Morgan fingerprint density at radius 2 is 1.88 bits per heavy atom. The van der Waals surface area contributed by atoms with Crippen molar-refractivity contribution in [1.29, 1.82) is 0 Å². The molecule has 1 aliphatic rings. The van der Waals surface area contributed by atoms with Crippen molar-refractivity contribution in [3.63, 3.8) is 0 Å². The quantitative estimate of drug-likeness (QED) is 0.493. The van der Waals surface area contributed by atoms with E-state index in [-0.39, 0.29) is 18.0 Å². The van der Waals surface area contributed by atoms with Crippen LogP contribution in [-0.2, 0) is 17.9 Å². The summed E-state index contributed by atoms with van der Waals surface area (Å²) in [5.41, 5.74) is 2.14. The summed E-state index contributed by atoms with van der Waals surface area (Å²) in [4.78, 5) is 33.0. The van der Waals surface area contributed by atoms with Crippen molar-refractivity contribution in [3.8, 4) is 0 Å². The number of likely N-dealkylation sites (tertiary alicyclic amines) is 1. The topological polar surface area (TPSA) is 60.1 Å². The molecule has 2 aromatic heterocycles. The summed E-state index contributed by atoms with van der Waals surface area (Å²) in [6.45, 7) is 4.05. The van der Waals surface area contributed by atoms with Crippen molar-refractivity contribution >= 4 is 27.8 Å². The van der Waals surface area contributed by atoms with E-state index in [9.17, 15) is 14.0 Å². The molecule has 3 heterocycles. The van der Waals surface area contributed by atoms with Crippen LogP contribution in [0.25, 0.3) is 21.9 Å². The second kappa shape index (κ2) is 8.22. The molecular formula is C25H25FN4O2. The first-order chi connectivity index (χ1) is 15.5. The molecule has 1 saturated heterocycles. The van der Waals surface area contributed by atoms with Crippen LogP contribution in [-0.4, -0.2) is 38.0 Å². The van der Waals surface area contributed by atoms with Gasteiger partial charge in [-0.05, 0) is 42.5 Å². The molecular weight excluding hydrogens is 407 g/mol. The summed E-state index contributed by atoms with van der Waals surface area (Å²) >= 11 is 0. The van der Waals surface area contributed by atoms with Crippen LogP contribution in [0.3, 0.4) is 0 Å². The van der Waals surface area contributed by atoms with E-state index in [0.29, 0.717) is 34.4 Å². The number of hydrogen-bond donors (Lipinski definition) is 0. The summed E-state index contributed by atoms with van der Waals surface area (Å²) in [6.07, 6.45) is 3.46. The van der Waals surface area contributed by atoms with Crippen LogP contribution < -0.4 is 5.56 Å². The van der Waals surface area contributed by atoms with Gasteiger partial charge in [-0.2, -0.15) is 0 Å². The number of benzene rings is 2. The number of carbonyl (C=O) groups excluding carboxylic acids is 1. The molecule has 5 rings (SSSR count). The van der Waals surface area contributed by atoms with Gasteiger partial charge in [-0.1, -0.05) is 37.3 Å². The van der Waals surface area contributed by atoms with Gasteiger partial charge in [0.15, 0.2) is 0 Å². The second-order valence-corrected chi connectivity index (χ2v) is 8.67. The lowest BCUT2D eigenvalue weighted by atomic mass is 9.99. The average Bonchev–Trinajstić information content (AvgIpc) is 3.10. The largest absolute Gasteiger partial charge is 0.341 e. The van der Waals surface area contributed by atoms with E-state index in [1.54, 1.807) is 10.6 Å². The molecule has 1 aliphatic heterocycles. The first-order valence-corrected chi connectivity index (χ1v) is 11.0. The molecule has 0 bridgehead atoms. The van der Waals surface area contributed by atoms with Crippen LogP contribution in [0, 0.1) is 11.7 Å². The van der Waals surface area contributed by atoms with E-state index in [4.69, 9.17) is 0 Å². The van der Waals surface area contributed by atoms with E-state index in [2.05, 4.69) is 11.9 Å². The number of fused-ring (bicyclic) bond motifs is 3. The highest BCUT2D eigenvalue weighted by Gasteiger charge is 2.24. The van der Waals surface area contributed by atoms with Gasteiger partial charge in [0.1, 0.15) is 23.4 Å². The number of aromatic nitrogens is 3. The van der Waals surface area contributed by atoms with Crippen LogP contribution in [0.15, 0.2) is 59.7 Å². The van der Waals surface area contributed by atoms with Crippen LogP contribution in [0.1, 0.15) is 25.3 Å². The smallest absolute Gasteiger partial charge is 0.278 e. The molecule has 2 aromatic carbocycles. The molecule has 7 heteroatoms. The Morgan fingerprint density at radius 3 is 2.62 bits per heavy atom. The van der Waals surface area contributed by atoms with Gasteiger partial charge < -0.3 is 9.47 Å². The fourth-order valence-electron chi connectivity index (χ4n) is 4.52. The Balaban J connectivity index is 1.61. The zero-order valence-corrected chi connectivity index (χ0v) is 18.0. The van der Waals surface area contributed by atoms with E-state index < -0.39 is 5.82 Å². The van der Waals surface area contributed by atoms with Crippen LogP contribution >= 0.6 is 0 Å². The van der Waals surface area contributed by atoms with Crippen molar-refractivity contribution < 1.29 is 9.18 Å². The third-order valence-electron chi connectivity index (χ3n) is 6.41. The van der Waals surface area contributed by atoms with Crippen molar-refractivity contribution in [3.05, 3.63) is 76.6 Å². The number of carbonyl (C=O) groups is 1. The number of piperidine rings is 1. The molecule has 0 aliphatic carbocycles. The Morgan fingerprint density at radius 1 is 1.12 bits per heavy atom. The second-order valence-electron chi connectivity index (χ2n) is 8.67. The molecule has 0 radical (unpaired) electrons. The monoisotopic (exact) mass is 432 g/mol. The lowest BCUT2D eigenvalue weighted by Gasteiger charge is -2.30. The number of hydrogen-bond acceptors (Lipinski definition) is 3. The van der Waals surface area contributed by atoms with Crippen molar-refractivity contribution in [2.45, 2.75) is 32.9 Å². The zero-order chi connectivity index (χ0) is 22.2. The first-order valence-electron chi connectivity index (χ1n) is 11.0. The molecule has 4 aromatic rings. The Bertz CT molecular complexity index is 1350. The summed E-state index contributed by atoms with van der Waals surface area (Å²) in [7, 11) is 0. The standard InChI is InChI=1S/C25H25FN4O2/c1-17-9-11-28(12-10-17)22(31)15-30-21-8-7-19(26)13-20(21)23-24(30)25(32)29(16-27-23)14-18-5-3-2-4-6-18/h2-8,13,16-17H,9-12,14-15H2,1H3. The lowest BCUT2D eigenvalue weighted by molar-refractivity contribution is -0.133. The number of nitrogens with zero attached hydrogens (tertiary/aromatic N) is 4. The third-order valence-corrected chi connectivity index (χ3v) is 6.41. The molecule has 1 fully saturated rings. The average molecular weight is 432 g/mol. The highest BCUT2D eigenvalue weighted by molar-refractivity contribution is 6.06. The lowest BCUT2D eigenvalue weighted by Crippen LogP contribution is -2.40. The minimum atomic E-state index is -0.400. The highest BCUT2D eigenvalue weighted by atomic mass is 19.1. The Hall–Kier alpha value is -3.48. The maximum Gasteiger partial charge on any atom is 0.278 e.